The van der Waals surface area contributed by atoms with Crippen LogP contribution in [0, 0.1) is 5.82 Å². The van der Waals surface area contributed by atoms with Gasteiger partial charge >= 0.3 is 5.97 Å². The van der Waals surface area contributed by atoms with Crippen molar-refractivity contribution in [3.8, 4) is 0 Å². The predicted octanol–water partition coefficient (Wildman–Crippen LogP) is 1.87. The number of amides is 1. The molecular weight excluding hydrogens is 365 g/mol. The van der Waals surface area contributed by atoms with E-state index in [1.54, 1.807) is 36.3 Å². The Balaban J connectivity index is 1.52. The van der Waals surface area contributed by atoms with Gasteiger partial charge in [0.25, 0.3) is 5.91 Å². The quantitative estimate of drug-likeness (QED) is 0.579. The number of anilines is 1. The van der Waals surface area contributed by atoms with Gasteiger partial charge in [0, 0.05) is 45.0 Å². The summed E-state index contributed by atoms with van der Waals surface area (Å²) in [5, 5.41) is 0. The van der Waals surface area contributed by atoms with Crippen LogP contribution in [-0.4, -0.2) is 59.9 Å². The van der Waals surface area contributed by atoms with Gasteiger partial charge in [-0.3, -0.25) is 9.59 Å². The van der Waals surface area contributed by atoms with Gasteiger partial charge in [0.2, 0.25) is 0 Å². The normalized spacial score (nSPS) is 14.1. The maximum Gasteiger partial charge on any atom is 0.355 e. The number of ketones is 1. The largest absolute Gasteiger partial charge is 0.451 e. The third kappa shape index (κ3) is 4.21. The monoisotopic (exact) mass is 387 g/mol. The van der Waals surface area contributed by atoms with Crippen molar-refractivity contribution in [3.63, 3.8) is 0 Å². The van der Waals surface area contributed by atoms with Crippen molar-refractivity contribution in [1.82, 2.24) is 9.47 Å². The van der Waals surface area contributed by atoms with E-state index < -0.39 is 5.97 Å². The van der Waals surface area contributed by atoms with E-state index in [-0.39, 0.29) is 29.8 Å². The maximum atomic E-state index is 13.9. The Hall–Kier alpha value is -3.16. The molecular formula is C20H22FN3O4. The highest BCUT2D eigenvalue weighted by Crippen LogP contribution is 2.20. The summed E-state index contributed by atoms with van der Waals surface area (Å²) in [5.74, 6) is -1.40. The van der Waals surface area contributed by atoms with E-state index in [1.165, 1.54) is 23.6 Å². The molecule has 7 nitrogen and oxygen atoms in total. The number of carbonyl (C=O) groups is 3. The number of hydrogen-bond acceptors (Lipinski definition) is 5. The average molecular weight is 387 g/mol. The fourth-order valence-corrected chi connectivity index (χ4v) is 3.16. The molecule has 1 aliphatic heterocycles. The second-order valence-electron chi connectivity index (χ2n) is 6.68. The molecule has 0 radical (unpaired) electrons. The number of halogens is 1. The molecule has 1 aromatic heterocycles. The van der Waals surface area contributed by atoms with Gasteiger partial charge in [-0.1, -0.05) is 12.1 Å². The topological polar surface area (TPSA) is 71.8 Å². The third-order valence-corrected chi connectivity index (χ3v) is 4.77. The summed E-state index contributed by atoms with van der Waals surface area (Å²) >= 11 is 0. The second-order valence-corrected chi connectivity index (χ2v) is 6.68. The summed E-state index contributed by atoms with van der Waals surface area (Å²) in [7, 11) is 1.63. The lowest BCUT2D eigenvalue weighted by Gasteiger charge is -2.36. The van der Waals surface area contributed by atoms with E-state index in [4.69, 9.17) is 4.74 Å². The molecule has 0 saturated carbocycles. The van der Waals surface area contributed by atoms with Crippen molar-refractivity contribution in [1.29, 1.82) is 0 Å². The number of ether oxygens (including phenoxy) is 1. The Morgan fingerprint density at radius 2 is 1.79 bits per heavy atom. The molecule has 1 aromatic carbocycles. The summed E-state index contributed by atoms with van der Waals surface area (Å²) in [6.07, 6.45) is 1.54. The van der Waals surface area contributed by atoms with Crippen LogP contribution in [-0.2, 0) is 16.6 Å². The Labute approximate surface area is 162 Å². The lowest BCUT2D eigenvalue weighted by atomic mass is 10.2. The number of carbonyl (C=O) groups excluding carboxylic acids is 3. The van der Waals surface area contributed by atoms with Crippen molar-refractivity contribution in [2.75, 3.05) is 37.7 Å². The molecule has 1 fully saturated rings. The standard InChI is InChI=1S/C20H22FN3O4/c1-14(25)15-11-18(22(2)12-15)20(27)28-13-19(26)24-9-7-23(8-10-24)17-6-4-3-5-16(17)21/h3-6,11-12H,7-10,13H2,1-2H3. The summed E-state index contributed by atoms with van der Waals surface area (Å²) in [5.41, 5.74) is 1.14. The van der Waals surface area contributed by atoms with Gasteiger partial charge in [0.05, 0.1) is 5.69 Å². The van der Waals surface area contributed by atoms with E-state index in [9.17, 15) is 18.8 Å². The van der Waals surface area contributed by atoms with Crippen molar-refractivity contribution in [2.45, 2.75) is 6.92 Å². The number of rotatable bonds is 5. The van der Waals surface area contributed by atoms with Gasteiger partial charge in [0.15, 0.2) is 12.4 Å². The number of aromatic nitrogens is 1. The maximum absolute atomic E-state index is 13.9. The van der Waals surface area contributed by atoms with E-state index in [0.29, 0.717) is 37.4 Å². The van der Waals surface area contributed by atoms with Crippen LogP contribution in [0.5, 0.6) is 0 Å². The number of hydrogen-bond donors (Lipinski definition) is 0. The highest BCUT2D eigenvalue weighted by Gasteiger charge is 2.24. The molecule has 0 N–H and O–H groups in total. The Bertz CT molecular complexity index is 901. The van der Waals surface area contributed by atoms with Crippen molar-refractivity contribution < 1.29 is 23.5 Å². The SMILES string of the molecule is CC(=O)c1cc(C(=O)OCC(=O)N2CCN(c3ccccc3F)CC2)n(C)c1. The summed E-state index contributed by atoms with van der Waals surface area (Å²) in [6, 6.07) is 7.98. The molecule has 0 unspecified atom stereocenters. The fourth-order valence-electron chi connectivity index (χ4n) is 3.16. The van der Waals surface area contributed by atoms with E-state index >= 15 is 0 Å². The van der Waals surface area contributed by atoms with Gasteiger partial charge in [-0.25, -0.2) is 9.18 Å². The highest BCUT2D eigenvalue weighted by atomic mass is 19.1. The van der Waals surface area contributed by atoms with Gasteiger partial charge in [0.1, 0.15) is 11.5 Å². The summed E-state index contributed by atoms with van der Waals surface area (Å²) in [6.45, 7) is 2.88. The van der Waals surface area contributed by atoms with Crippen LogP contribution in [0.1, 0.15) is 27.8 Å². The molecule has 0 bridgehead atoms. The number of Topliss-reactive ketones (excluding diaryl/α,β-unsaturated/α-hetero) is 1. The van der Waals surface area contributed by atoms with Crippen LogP contribution in [0.15, 0.2) is 36.5 Å². The molecule has 148 valence electrons. The van der Waals surface area contributed by atoms with Crippen molar-refractivity contribution in [2.24, 2.45) is 7.05 Å². The first-order valence-corrected chi connectivity index (χ1v) is 8.98. The van der Waals surface area contributed by atoms with Crippen LogP contribution in [0.2, 0.25) is 0 Å². The second kappa shape index (κ2) is 8.24. The van der Waals surface area contributed by atoms with E-state index in [0.717, 1.165) is 0 Å². The van der Waals surface area contributed by atoms with Gasteiger partial charge in [-0.05, 0) is 25.1 Å². The number of piperazine rings is 1. The van der Waals surface area contributed by atoms with Gasteiger partial charge in [-0.2, -0.15) is 0 Å². The first-order chi connectivity index (χ1) is 13.4. The van der Waals surface area contributed by atoms with Crippen LogP contribution >= 0.6 is 0 Å². The molecule has 2 heterocycles. The molecule has 3 rings (SSSR count). The fraction of sp³-hybridized carbons (Fsp3) is 0.350. The summed E-state index contributed by atoms with van der Waals surface area (Å²) in [4.78, 5) is 39.4. The van der Waals surface area contributed by atoms with Crippen molar-refractivity contribution in [3.05, 3.63) is 53.6 Å². The van der Waals surface area contributed by atoms with Crippen LogP contribution in [0.3, 0.4) is 0 Å². The Morgan fingerprint density at radius 3 is 2.39 bits per heavy atom. The molecule has 2 aromatic rings. The minimum Gasteiger partial charge on any atom is -0.451 e. The summed E-state index contributed by atoms with van der Waals surface area (Å²) < 4.78 is 20.5. The van der Waals surface area contributed by atoms with E-state index in [1.807, 2.05) is 4.90 Å². The molecule has 0 aliphatic carbocycles. The lowest BCUT2D eigenvalue weighted by Crippen LogP contribution is -2.50. The number of para-hydroxylation sites is 1. The molecule has 8 heteroatoms. The molecule has 0 spiro atoms. The van der Waals surface area contributed by atoms with Crippen LogP contribution in [0.25, 0.3) is 0 Å². The molecule has 0 atom stereocenters. The average Bonchev–Trinajstić information content (AvgIpc) is 3.08. The Morgan fingerprint density at radius 1 is 1.11 bits per heavy atom. The highest BCUT2D eigenvalue weighted by molar-refractivity contribution is 5.98. The van der Waals surface area contributed by atoms with Crippen LogP contribution in [0.4, 0.5) is 10.1 Å². The minimum absolute atomic E-state index is 0.154. The molecule has 1 aliphatic rings. The van der Waals surface area contributed by atoms with Crippen molar-refractivity contribution >= 4 is 23.3 Å². The predicted molar refractivity (Wildman–Crippen MR) is 101 cm³/mol. The lowest BCUT2D eigenvalue weighted by molar-refractivity contribution is -0.134. The molecule has 28 heavy (non-hydrogen) atoms. The van der Waals surface area contributed by atoms with Gasteiger partial charge in [-0.15, -0.1) is 0 Å². The van der Waals surface area contributed by atoms with Crippen LogP contribution < -0.4 is 4.90 Å². The number of aryl methyl sites for hydroxylation is 1. The zero-order valence-electron chi connectivity index (χ0n) is 15.9. The van der Waals surface area contributed by atoms with Gasteiger partial charge < -0.3 is 19.1 Å². The first-order valence-electron chi connectivity index (χ1n) is 8.98. The molecule has 1 saturated heterocycles. The minimum atomic E-state index is -0.659. The third-order valence-electron chi connectivity index (χ3n) is 4.77. The number of nitrogens with zero attached hydrogens (tertiary/aromatic N) is 3. The smallest absolute Gasteiger partial charge is 0.355 e. The van der Waals surface area contributed by atoms with E-state index in [2.05, 4.69) is 0 Å². The number of esters is 1. The molecule has 1 amide bonds. The zero-order valence-corrected chi connectivity index (χ0v) is 15.9. The zero-order chi connectivity index (χ0) is 20.3. The Kier molecular flexibility index (Phi) is 5.77. The number of benzene rings is 1. The first kappa shape index (κ1) is 19.6.